The highest BCUT2D eigenvalue weighted by molar-refractivity contribution is 5.71. The van der Waals surface area contributed by atoms with Crippen molar-refractivity contribution in [2.75, 3.05) is 6.61 Å². The van der Waals surface area contributed by atoms with E-state index in [1.54, 1.807) is 0 Å². The van der Waals surface area contributed by atoms with E-state index in [9.17, 15) is 40.5 Å². The van der Waals surface area contributed by atoms with E-state index in [2.05, 4.69) is 48.1 Å². The number of aliphatic carboxylic acids is 1. The second kappa shape index (κ2) is 12.7. The quantitative estimate of drug-likeness (QED) is 0.180. The topological polar surface area (TPSA) is 177 Å². The molecule has 10 nitrogen and oxygen atoms in total. The summed E-state index contributed by atoms with van der Waals surface area (Å²) in [7, 11) is 0. The van der Waals surface area contributed by atoms with Gasteiger partial charge in [-0.15, -0.1) is 0 Å². The fourth-order valence-corrected chi connectivity index (χ4v) is 10.9. The lowest BCUT2D eigenvalue weighted by Gasteiger charge is -2.64. The molecule has 0 radical (unpaired) electrons. The largest absolute Gasteiger partial charge is 0.481 e. The molecular formula is C37H60O10. The fraction of sp³-hybridized carbons (Fsp3) is 0.865. The standard InChI is InChI=1S/C37H60O10/c1-18(2)19(3)9-10-20(32(44)45)22-15-27(40)37(8)28-21(11-14-36(22,37)7)35(6)13-12-26(39)34(4,5)25(35)16-23(28)46-33-31(43)30(42)29(41)24(17-38)47-33/h18,20,22-27,29-31,33,38-43H,3,9-17H2,1-2,4-8H3,(H,44,45)/t20-,22-,23-,24-,25-,26+,27+,29-,30+,31-,33-,35-,36-,37+/m1/s1. The Balaban J connectivity index is 1.61. The van der Waals surface area contributed by atoms with Crippen LogP contribution in [0.4, 0.5) is 0 Å². The van der Waals surface area contributed by atoms with Crippen molar-refractivity contribution in [2.45, 2.75) is 149 Å². The van der Waals surface area contributed by atoms with Gasteiger partial charge in [0.15, 0.2) is 6.29 Å². The van der Waals surface area contributed by atoms with Crippen LogP contribution in [0.3, 0.4) is 0 Å². The average molecular weight is 665 g/mol. The van der Waals surface area contributed by atoms with E-state index in [0.29, 0.717) is 44.9 Å². The molecule has 4 aliphatic carbocycles. The molecule has 0 aromatic rings. The molecule has 7 N–H and O–H groups in total. The van der Waals surface area contributed by atoms with E-state index in [1.807, 2.05) is 6.92 Å². The van der Waals surface area contributed by atoms with Crippen LogP contribution in [-0.2, 0) is 14.3 Å². The Bertz CT molecular complexity index is 1240. The van der Waals surface area contributed by atoms with E-state index in [-0.39, 0.29) is 23.2 Å². The summed E-state index contributed by atoms with van der Waals surface area (Å²) in [5, 5.41) is 75.9. The molecule has 0 amide bonds. The minimum atomic E-state index is -1.60. The highest BCUT2D eigenvalue weighted by Gasteiger charge is 2.69. The molecule has 2 saturated carbocycles. The van der Waals surface area contributed by atoms with Crippen molar-refractivity contribution < 1.29 is 50.0 Å². The Hall–Kier alpha value is -1.37. The van der Waals surface area contributed by atoms with Gasteiger partial charge in [0.1, 0.15) is 24.4 Å². The molecule has 5 rings (SSSR count). The van der Waals surface area contributed by atoms with Crippen molar-refractivity contribution in [3.8, 4) is 0 Å². The molecule has 10 heteroatoms. The van der Waals surface area contributed by atoms with Crippen LogP contribution in [0, 0.1) is 45.3 Å². The van der Waals surface area contributed by atoms with Gasteiger partial charge in [-0.2, -0.15) is 0 Å². The van der Waals surface area contributed by atoms with E-state index in [4.69, 9.17) is 9.47 Å². The Morgan fingerprint density at radius 3 is 2.23 bits per heavy atom. The number of carboxylic acid groups (broad SMARTS) is 1. The molecule has 0 unspecified atom stereocenters. The number of rotatable bonds is 9. The lowest BCUT2D eigenvalue weighted by atomic mass is 9.42. The monoisotopic (exact) mass is 664 g/mol. The summed E-state index contributed by atoms with van der Waals surface area (Å²) in [4.78, 5) is 12.9. The van der Waals surface area contributed by atoms with Gasteiger partial charge in [-0.25, -0.2) is 0 Å². The SMILES string of the molecule is C=C(CC[C@@H](C(=O)O)[C@H]1C[C@H](O)[C@@]2(C)C3=C(CC[C@]12C)[C@@]1(C)CC[C@H](O)C(C)(C)[C@H]1C[C@H]3O[C@@H]1O[C@H](CO)[C@@H](O)[C@H](O)[C@H]1O)C(C)C. The van der Waals surface area contributed by atoms with Gasteiger partial charge in [-0.3, -0.25) is 4.79 Å². The number of ether oxygens (including phenoxy) is 2. The molecule has 14 atom stereocenters. The molecule has 268 valence electrons. The predicted octanol–water partition coefficient (Wildman–Crippen LogP) is 3.56. The van der Waals surface area contributed by atoms with Crippen molar-refractivity contribution in [3.05, 3.63) is 23.3 Å². The smallest absolute Gasteiger partial charge is 0.306 e. The number of allylic oxidation sites excluding steroid dienone is 2. The van der Waals surface area contributed by atoms with Gasteiger partial charge < -0.3 is 45.2 Å². The minimum absolute atomic E-state index is 0.0245. The Morgan fingerprint density at radius 2 is 1.64 bits per heavy atom. The van der Waals surface area contributed by atoms with Crippen LogP contribution in [0.2, 0.25) is 0 Å². The molecule has 3 fully saturated rings. The van der Waals surface area contributed by atoms with Crippen LogP contribution in [0.25, 0.3) is 0 Å². The number of hydrogen-bond acceptors (Lipinski definition) is 9. The molecule has 1 aliphatic heterocycles. The zero-order valence-corrected chi connectivity index (χ0v) is 29.4. The van der Waals surface area contributed by atoms with Crippen molar-refractivity contribution in [1.82, 2.24) is 0 Å². The molecule has 0 spiro atoms. The first-order chi connectivity index (χ1) is 21.8. The Labute approximate surface area is 279 Å². The second-order valence-electron chi connectivity index (χ2n) is 17.1. The fourth-order valence-electron chi connectivity index (χ4n) is 10.9. The third-order valence-electron chi connectivity index (χ3n) is 14.4. The van der Waals surface area contributed by atoms with Crippen molar-refractivity contribution >= 4 is 5.97 Å². The van der Waals surface area contributed by atoms with Crippen LogP contribution >= 0.6 is 0 Å². The predicted molar refractivity (Wildman–Crippen MR) is 175 cm³/mol. The number of aliphatic hydroxyl groups is 6. The number of hydrogen-bond donors (Lipinski definition) is 7. The van der Waals surface area contributed by atoms with Crippen LogP contribution in [0.1, 0.15) is 99.8 Å². The number of fused-ring (bicyclic) bond motifs is 4. The maximum atomic E-state index is 12.9. The molecule has 5 aliphatic rings. The number of carboxylic acids is 1. The lowest BCUT2D eigenvalue weighted by Crippen LogP contribution is -2.62. The van der Waals surface area contributed by atoms with E-state index in [0.717, 1.165) is 17.6 Å². The third-order valence-corrected chi connectivity index (χ3v) is 14.4. The number of carbonyl (C=O) groups is 1. The van der Waals surface area contributed by atoms with E-state index in [1.165, 1.54) is 5.57 Å². The summed E-state index contributed by atoms with van der Waals surface area (Å²) < 4.78 is 12.5. The van der Waals surface area contributed by atoms with Crippen LogP contribution in [-0.4, -0.2) is 97.3 Å². The lowest BCUT2D eigenvalue weighted by molar-refractivity contribution is -0.313. The van der Waals surface area contributed by atoms with Gasteiger partial charge in [0.2, 0.25) is 0 Å². The summed E-state index contributed by atoms with van der Waals surface area (Å²) in [6.45, 7) is 18.3. The summed E-state index contributed by atoms with van der Waals surface area (Å²) in [6.07, 6.45) is -4.74. The molecule has 1 saturated heterocycles. The maximum absolute atomic E-state index is 12.9. The molecule has 47 heavy (non-hydrogen) atoms. The highest BCUT2D eigenvalue weighted by Crippen LogP contribution is 2.73. The molecule has 1 heterocycles. The highest BCUT2D eigenvalue weighted by atomic mass is 16.7. The minimum Gasteiger partial charge on any atom is -0.481 e. The van der Waals surface area contributed by atoms with Crippen molar-refractivity contribution in [3.63, 3.8) is 0 Å². The molecule has 0 aromatic heterocycles. The van der Waals surface area contributed by atoms with Crippen LogP contribution in [0.15, 0.2) is 23.3 Å². The van der Waals surface area contributed by atoms with Gasteiger partial charge in [0, 0.05) is 5.41 Å². The van der Waals surface area contributed by atoms with Crippen molar-refractivity contribution in [2.24, 2.45) is 45.3 Å². The summed E-state index contributed by atoms with van der Waals surface area (Å²) in [5.41, 5.74) is 0.837. The second-order valence-corrected chi connectivity index (χ2v) is 17.1. The van der Waals surface area contributed by atoms with Gasteiger partial charge in [-0.1, -0.05) is 66.2 Å². The molecule has 0 bridgehead atoms. The first-order valence-electron chi connectivity index (χ1n) is 17.7. The zero-order valence-electron chi connectivity index (χ0n) is 29.4. The van der Waals surface area contributed by atoms with Crippen LogP contribution in [0.5, 0.6) is 0 Å². The van der Waals surface area contributed by atoms with E-state index < -0.39 is 83.8 Å². The first-order valence-corrected chi connectivity index (χ1v) is 17.7. The van der Waals surface area contributed by atoms with Crippen molar-refractivity contribution in [1.29, 1.82) is 0 Å². The zero-order chi connectivity index (χ0) is 35.0. The number of aliphatic hydroxyl groups excluding tert-OH is 6. The van der Waals surface area contributed by atoms with E-state index >= 15 is 0 Å². The summed E-state index contributed by atoms with van der Waals surface area (Å²) >= 11 is 0. The van der Waals surface area contributed by atoms with Gasteiger partial charge in [0.05, 0.1) is 30.8 Å². The normalized spacial score (nSPS) is 46.9. The van der Waals surface area contributed by atoms with Gasteiger partial charge >= 0.3 is 5.97 Å². The summed E-state index contributed by atoms with van der Waals surface area (Å²) in [6, 6.07) is 0. The van der Waals surface area contributed by atoms with Gasteiger partial charge in [-0.05, 0) is 90.9 Å². The average Bonchev–Trinajstić information content (AvgIpc) is 3.21. The molecular weight excluding hydrogens is 604 g/mol. The third kappa shape index (κ3) is 5.57. The Morgan fingerprint density at radius 1 is 0.979 bits per heavy atom. The van der Waals surface area contributed by atoms with Gasteiger partial charge in [0.25, 0.3) is 0 Å². The molecule has 0 aromatic carbocycles. The maximum Gasteiger partial charge on any atom is 0.306 e. The summed E-state index contributed by atoms with van der Waals surface area (Å²) in [5.74, 6) is -1.62. The first kappa shape index (κ1) is 36.9. The Kier molecular flexibility index (Phi) is 10.0. The van der Waals surface area contributed by atoms with Crippen LogP contribution < -0.4 is 0 Å².